The number of hydrogen-bond acceptors (Lipinski definition) is 2. The largest absolute Gasteiger partial charge is 0.469 e. The van der Waals surface area contributed by atoms with Gasteiger partial charge in [0.1, 0.15) is 0 Å². The van der Waals surface area contributed by atoms with Gasteiger partial charge in [0, 0.05) is 0 Å². The third-order valence-corrected chi connectivity index (χ3v) is 0.927. The molecule has 1 atom stereocenters. The van der Waals surface area contributed by atoms with E-state index in [0.717, 1.165) is 0 Å². The lowest BCUT2D eigenvalue weighted by Gasteiger charge is -1.99. The van der Waals surface area contributed by atoms with Gasteiger partial charge in [-0.25, -0.2) is 0 Å². The Bertz CT molecular complexity index is 96.7. The number of carbonyl (C=O) groups is 1. The Morgan fingerprint density at radius 3 is 2.50 bits per heavy atom. The summed E-state index contributed by atoms with van der Waals surface area (Å²) in [5.74, 6) is -0.417. The van der Waals surface area contributed by atoms with Crippen LogP contribution in [0, 0.1) is 5.92 Å². The molecule has 0 N–H and O–H groups in total. The van der Waals surface area contributed by atoms with Crippen molar-refractivity contribution in [2.45, 2.75) is 6.92 Å². The number of hydrogen-bond donors (Lipinski definition) is 0. The number of rotatable bonds is 2. The van der Waals surface area contributed by atoms with Crippen molar-refractivity contribution in [2.75, 3.05) is 7.11 Å². The van der Waals surface area contributed by atoms with Crippen molar-refractivity contribution in [1.82, 2.24) is 0 Å². The standard InChI is InChI=1S/C6H10O2/c1-4-5(2)6(7)8-3/h4-5H,1H2,2-3H3/t5-/m0/s1. The fourth-order valence-corrected chi connectivity index (χ4v) is 0.282. The summed E-state index contributed by atoms with van der Waals surface area (Å²) in [6.45, 7) is 5.16. The number of esters is 1. The van der Waals surface area contributed by atoms with E-state index in [1.165, 1.54) is 7.11 Å². The van der Waals surface area contributed by atoms with Crippen molar-refractivity contribution in [3.05, 3.63) is 12.7 Å². The molecule has 0 saturated carbocycles. The summed E-state index contributed by atoms with van der Waals surface area (Å²) in [5, 5.41) is 0. The van der Waals surface area contributed by atoms with Crippen molar-refractivity contribution in [2.24, 2.45) is 5.92 Å². The van der Waals surface area contributed by atoms with Crippen LogP contribution in [0.4, 0.5) is 0 Å². The highest BCUT2D eigenvalue weighted by Crippen LogP contribution is 1.96. The second-order valence-corrected chi connectivity index (χ2v) is 1.55. The van der Waals surface area contributed by atoms with Gasteiger partial charge in [-0.15, -0.1) is 6.58 Å². The van der Waals surface area contributed by atoms with Crippen molar-refractivity contribution < 1.29 is 9.53 Å². The van der Waals surface area contributed by atoms with Crippen molar-refractivity contribution >= 4 is 5.97 Å². The Morgan fingerprint density at radius 2 is 2.38 bits per heavy atom. The zero-order valence-electron chi connectivity index (χ0n) is 5.18. The average molecular weight is 114 g/mol. The maximum atomic E-state index is 10.4. The second-order valence-electron chi connectivity index (χ2n) is 1.55. The van der Waals surface area contributed by atoms with Crippen LogP contribution in [0.5, 0.6) is 0 Å². The van der Waals surface area contributed by atoms with Crippen LogP contribution < -0.4 is 0 Å². The zero-order chi connectivity index (χ0) is 6.57. The Morgan fingerprint density at radius 1 is 1.88 bits per heavy atom. The van der Waals surface area contributed by atoms with Crippen LogP contribution >= 0.6 is 0 Å². The zero-order valence-corrected chi connectivity index (χ0v) is 5.18. The number of carbonyl (C=O) groups excluding carboxylic acids is 1. The topological polar surface area (TPSA) is 26.3 Å². The lowest BCUT2D eigenvalue weighted by atomic mass is 10.2. The number of ether oxygens (including phenoxy) is 1. The Balaban J connectivity index is 3.62. The lowest BCUT2D eigenvalue weighted by Crippen LogP contribution is -2.08. The van der Waals surface area contributed by atoms with Crippen LogP contribution in [0.1, 0.15) is 6.92 Å². The summed E-state index contributed by atoms with van der Waals surface area (Å²) < 4.78 is 4.39. The van der Waals surface area contributed by atoms with E-state index in [2.05, 4.69) is 11.3 Å². The van der Waals surface area contributed by atoms with Crippen LogP contribution in [-0.4, -0.2) is 13.1 Å². The van der Waals surface area contributed by atoms with E-state index in [4.69, 9.17) is 0 Å². The normalized spacial score (nSPS) is 12.2. The number of methoxy groups -OCH3 is 1. The minimum atomic E-state index is -0.236. The molecule has 0 aliphatic rings. The van der Waals surface area contributed by atoms with Crippen LogP contribution in [0.25, 0.3) is 0 Å². The molecule has 2 heteroatoms. The summed E-state index contributed by atoms with van der Waals surface area (Å²) in [6.07, 6.45) is 1.55. The van der Waals surface area contributed by atoms with Gasteiger partial charge in [-0.05, 0) is 6.92 Å². The maximum absolute atomic E-state index is 10.4. The summed E-state index contributed by atoms with van der Waals surface area (Å²) in [7, 11) is 1.36. The summed E-state index contributed by atoms with van der Waals surface area (Å²) in [5.41, 5.74) is 0. The second kappa shape index (κ2) is 3.24. The van der Waals surface area contributed by atoms with Crippen LogP contribution in [-0.2, 0) is 9.53 Å². The molecule has 0 saturated heterocycles. The van der Waals surface area contributed by atoms with E-state index in [-0.39, 0.29) is 11.9 Å². The Labute approximate surface area is 49.1 Å². The first kappa shape index (κ1) is 7.21. The molecule has 0 heterocycles. The van der Waals surface area contributed by atoms with Crippen LogP contribution in [0.2, 0.25) is 0 Å². The molecule has 0 aromatic carbocycles. The Kier molecular flexibility index (Phi) is 2.92. The molecule has 0 aromatic rings. The van der Waals surface area contributed by atoms with Crippen LogP contribution in [0.15, 0.2) is 12.7 Å². The van der Waals surface area contributed by atoms with Crippen molar-refractivity contribution in [3.63, 3.8) is 0 Å². The van der Waals surface area contributed by atoms with Gasteiger partial charge in [-0.3, -0.25) is 4.79 Å². The minimum Gasteiger partial charge on any atom is -0.469 e. The van der Waals surface area contributed by atoms with Gasteiger partial charge in [-0.1, -0.05) is 6.08 Å². The molecule has 0 aliphatic heterocycles. The molecular weight excluding hydrogens is 104 g/mol. The van der Waals surface area contributed by atoms with Crippen LogP contribution in [0.3, 0.4) is 0 Å². The molecule has 0 bridgehead atoms. The molecule has 0 rings (SSSR count). The van der Waals surface area contributed by atoms with Gasteiger partial charge in [0.2, 0.25) is 0 Å². The molecule has 0 aromatic heterocycles. The monoisotopic (exact) mass is 114 g/mol. The molecule has 0 spiro atoms. The molecule has 46 valence electrons. The predicted octanol–water partition coefficient (Wildman–Crippen LogP) is 0.982. The van der Waals surface area contributed by atoms with Gasteiger partial charge < -0.3 is 4.74 Å². The van der Waals surface area contributed by atoms with E-state index < -0.39 is 0 Å². The minimum absolute atomic E-state index is 0.181. The van der Waals surface area contributed by atoms with E-state index in [9.17, 15) is 4.79 Å². The third kappa shape index (κ3) is 1.78. The Hall–Kier alpha value is -0.790. The fraction of sp³-hybridized carbons (Fsp3) is 0.500. The predicted molar refractivity (Wildman–Crippen MR) is 31.4 cm³/mol. The summed E-state index contributed by atoms with van der Waals surface area (Å²) in [6, 6.07) is 0. The SMILES string of the molecule is C=C[C@H](C)C(=O)OC. The highest BCUT2D eigenvalue weighted by atomic mass is 16.5. The summed E-state index contributed by atoms with van der Waals surface area (Å²) >= 11 is 0. The molecule has 0 unspecified atom stereocenters. The highest BCUT2D eigenvalue weighted by Gasteiger charge is 2.05. The third-order valence-electron chi connectivity index (χ3n) is 0.927. The van der Waals surface area contributed by atoms with Gasteiger partial charge in [0.15, 0.2) is 0 Å². The molecular formula is C6H10O2. The van der Waals surface area contributed by atoms with E-state index in [0.29, 0.717) is 0 Å². The first-order chi connectivity index (χ1) is 3.72. The molecule has 0 fully saturated rings. The molecule has 0 aliphatic carbocycles. The quantitative estimate of drug-likeness (QED) is 0.395. The lowest BCUT2D eigenvalue weighted by molar-refractivity contribution is -0.143. The van der Waals surface area contributed by atoms with Gasteiger partial charge >= 0.3 is 5.97 Å². The van der Waals surface area contributed by atoms with Gasteiger partial charge in [-0.2, -0.15) is 0 Å². The maximum Gasteiger partial charge on any atom is 0.312 e. The molecule has 8 heavy (non-hydrogen) atoms. The highest BCUT2D eigenvalue weighted by molar-refractivity contribution is 5.73. The molecule has 2 nitrogen and oxygen atoms in total. The van der Waals surface area contributed by atoms with Crippen molar-refractivity contribution in [1.29, 1.82) is 0 Å². The van der Waals surface area contributed by atoms with Crippen molar-refractivity contribution in [3.8, 4) is 0 Å². The molecule has 0 amide bonds. The van der Waals surface area contributed by atoms with E-state index in [1.807, 2.05) is 0 Å². The fourth-order valence-electron chi connectivity index (χ4n) is 0.282. The molecule has 0 radical (unpaired) electrons. The van der Waals surface area contributed by atoms with E-state index >= 15 is 0 Å². The summed E-state index contributed by atoms with van der Waals surface area (Å²) in [4.78, 5) is 10.4. The first-order valence-electron chi connectivity index (χ1n) is 2.42. The first-order valence-corrected chi connectivity index (χ1v) is 2.42. The van der Waals surface area contributed by atoms with E-state index in [1.54, 1.807) is 13.0 Å². The van der Waals surface area contributed by atoms with Gasteiger partial charge in [0.25, 0.3) is 0 Å². The smallest absolute Gasteiger partial charge is 0.312 e. The van der Waals surface area contributed by atoms with Gasteiger partial charge in [0.05, 0.1) is 13.0 Å². The average Bonchev–Trinajstić information content (AvgIpc) is 1.84.